The van der Waals surface area contributed by atoms with Gasteiger partial charge in [0, 0.05) is 49.4 Å². The van der Waals surface area contributed by atoms with Gasteiger partial charge in [-0.2, -0.15) is 0 Å². The number of nitrogens with one attached hydrogen (secondary N) is 1. The summed E-state index contributed by atoms with van der Waals surface area (Å²) in [5.41, 5.74) is 4.87. The Morgan fingerprint density at radius 2 is 1.58 bits per heavy atom. The van der Waals surface area contributed by atoms with E-state index < -0.39 is 11.6 Å². The lowest BCUT2D eigenvalue weighted by atomic mass is 10.0. The summed E-state index contributed by atoms with van der Waals surface area (Å²) >= 11 is 0. The smallest absolute Gasteiger partial charge is 0.152 e. The first-order valence-electron chi connectivity index (χ1n) is 12.7. The molecule has 6 rings (SSSR count). The van der Waals surface area contributed by atoms with Gasteiger partial charge in [0.25, 0.3) is 0 Å². The molecule has 0 amide bonds. The number of hydrogen-bond acceptors (Lipinski definition) is 8. The van der Waals surface area contributed by atoms with Gasteiger partial charge in [0.2, 0.25) is 0 Å². The van der Waals surface area contributed by atoms with Gasteiger partial charge < -0.3 is 24.6 Å². The van der Waals surface area contributed by atoms with Crippen LogP contribution in [0.5, 0.6) is 0 Å². The van der Waals surface area contributed by atoms with Gasteiger partial charge in [0.1, 0.15) is 11.6 Å². The van der Waals surface area contributed by atoms with Crippen LogP contribution < -0.4 is 15.1 Å². The van der Waals surface area contributed by atoms with E-state index in [1.807, 2.05) is 13.1 Å². The summed E-state index contributed by atoms with van der Waals surface area (Å²) < 4.78 is 39.5. The zero-order valence-corrected chi connectivity index (χ0v) is 21.1. The van der Waals surface area contributed by atoms with Crippen LogP contribution >= 0.6 is 0 Å². The maximum Gasteiger partial charge on any atom is 0.152 e. The number of nitrogens with zero attached hydrogens (tertiary/aromatic N) is 5. The topological polar surface area (TPSA) is 75.6 Å². The van der Waals surface area contributed by atoms with Gasteiger partial charge in [-0.3, -0.25) is 4.98 Å². The van der Waals surface area contributed by atoms with Crippen molar-refractivity contribution in [3.8, 4) is 11.3 Å². The van der Waals surface area contributed by atoms with Crippen molar-refractivity contribution in [1.82, 2.24) is 15.0 Å². The van der Waals surface area contributed by atoms with E-state index in [4.69, 9.17) is 19.4 Å². The first-order valence-corrected chi connectivity index (χ1v) is 12.7. The molecule has 5 heterocycles. The maximum absolute atomic E-state index is 14.3. The summed E-state index contributed by atoms with van der Waals surface area (Å²) in [6.45, 7) is 7.51. The van der Waals surface area contributed by atoms with Gasteiger partial charge in [0.15, 0.2) is 5.82 Å². The largest absolute Gasteiger partial charge is 0.378 e. The normalized spacial score (nSPS) is 16.2. The SMILES string of the molecule is Cc1c(-c2cncc(F)c2)nc2cc(F)ccc2c1Nc1cc(N2CCOCC2)cnc1N1CCOCC1. The fraction of sp³-hybridized carbons (Fsp3) is 0.321. The Morgan fingerprint density at radius 1 is 0.842 bits per heavy atom. The fourth-order valence-electron chi connectivity index (χ4n) is 5.01. The van der Waals surface area contributed by atoms with E-state index in [0.29, 0.717) is 43.2 Å². The molecule has 4 aromatic rings. The molecule has 1 aromatic carbocycles. The number of halogens is 2. The molecule has 8 nitrogen and oxygen atoms in total. The van der Waals surface area contributed by atoms with Crippen LogP contribution in [0.4, 0.5) is 31.7 Å². The molecular weight excluding hydrogens is 490 g/mol. The molecule has 2 aliphatic rings. The molecule has 0 atom stereocenters. The van der Waals surface area contributed by atoms with Gasteiger partial charge >= 0.3 is 0 Å². The highest BCUT2D eigenvalue weighted by molar-refractivity contribution is 5.99. The predicted octanol–water partition coefficient (Wildman–Crippen LogP) is 4.70. The third kappa shape index (κ3) is 4.84. The zero-order valence-electron chi connectivity index (χ0n) is 21.1. The quantitative estimate of drug-likeness (QED) is 0.408. The summed E-state index contributed by atoms with van der Waals surface area (Å²) in [5.74, 6) is -0.0478. The molecule has 2 fully saturated rings. The molecule has 1 N–H and O–H groups in total. The van der Waals surface area contributed by atoms with Crippen LogP contribution in [-0.4, -0.2) is 67.6 Å². The lowest BCUT2D eigenvalue weighted by Crippen LogP contribution is -2.38. The fourth-order valence-corrected chi connectivity index (χ4v) is 5.01. The Morgan fingerprint density at radius 3 is 2.32 bits per heavy atom. The second-order valence-electron chi connectivity index (χ2n) is 9.40. The van der Waals surface area contributed by atoms with Gasteiger partial charge in [-0.05, 0) is 36.8 Å². The Balaban J connectivity index is 1.50. The number of anilines is 4. The Labute approximate surface area is 219 Å². The standard InChI is InChI=1S/C28H28F2N6O2/c1-18-26(19-12-21(30)16-31-15-19)33-24-13-20(29)2-3-23(24)27(18)34-25-14-22(35-4-8-37-9-5-35)17-32-28(25)36-6-10-38-11-7-36/h2-3,12-17H,4-11H2,1H3,(H,33,34). The summed E-state index contributed by atoms with van der Waals surface area (Å²) in [4.78, 5) is 18.0. The molecule has 0 aliphatic carbocycles. The van der Waals surface area contributed by atoms with E-state index in [9.17, 15) is 8.78 Å². The summed E-state index contributed by atoms with van der Waals surface area (Å²) in [6.07, 6.45) is 4.61. The number of fused-ring (bicyclic) bond motifs is 1. The third-order valence-electron chi connectivity index (χ3n) is 6.97. The van der Waals surface area contributed by atoms with Crippen molar-refractivity contribution in [3.05, 3.63) is 66.1 Å². The number of hydrogen-bond donors (Lipinski definition) is 1. The molecular formula is C28H28F2N6O2. The summed E-state index contributed by atoms with van der Waals surface area (Å²) in [7, 11) is 0. The van der Waals surface area contributed by atoms with Gasteiger partial charge in [-0.15, -0.1) is 0 Å². The molecule has 3 aromatic heterocycles. The van der Waals surface area contributed by atoms with Gasteiger partial charge in [0.05, 0.1) is 67.1 Å². The number of pyridine rings is 3. The van der Waals surface area contributed by atoms with E-state index in [1.165, 1.54) is 18.2 Å². The average molecular weight is 519 g/mol. The zero-order chi connectivity index (χ0) is 26.1. The van der Waals surface area contributed by atoms with Crippen molar-refractivity contribution < 1.29 is 18.3 Å². The molecule has 0 radical (unpaired) electrons. The van der Waals surface area contributed by atoms with Crippen LogP contribution in [0.1, 0.15) is 5.56 Å². The van der Waals surface area contributed by atoms with Crippen LogP contribution in [-0.2, 0) is 9.47 Å². The Kier molecular flexibility index (Phi) is 6.73. The molecule has 10 heteroatoms. The van der Waals surface area contributed by atoms with Crippen molar-refractivity contribution in [2.24, 2.45) is 0 Å². The summed E-state index contributed by atoms with van der Waals surface area (Å²) in [6, 6.07) is 8.01. The van der Waals surface area contributed by atoms with Gasteiger partial charge in [-0.1, -0.05) is 0 Å². The molecule has 2 aliphatic heterocycles. The second kappa shape index (κ2) is 10.5. The number of ether oxygens (including phenoxy) is 2. The minimum absolute atomic E-state index is 0.395. The molecule has 0 spiro atoms. The number of rotatable bonds is 5. The highest BCUT2D eigenvalue weighted by atomic mass is 19.1. The van der Waals surface area contributed by atoms with E-state index in [0.717, 1.165) is 66.2 Å². The van der Waals surface area contributed by atoms with Crippen LogP contribution in [0.3, 0.4) is 0 Å². The first kappa shape index (κ1) is 24.4. The number of benzene rings is 1. The van der Waals surface area contributed by atoms with E-state index in [-0.39, 0.29) is 0 Å². The minimum atomic E-state index is -0.463. The first-order chi connectivity index (χ1) is 18.6. The van der Waals surface area contributed by atoms with E-state index in [1.54, 1.807) is 12.3 Å². The number of morpholine rings is 2. The molecule has 0 bridgehead atoms. The van der Waals surface area contributed by atoms with Crippen LogP contribution in [0.25, 0.3) is 22.2 Å². The van der Waals surface area contributed by atoms with Crippen LogP contribution in [0.2, 0.25) is 0 Å². The highest BCUT2D eigenvalue weighted by Gasteiger charge is 2.22. The number of aromatic nitrogens is 3. The summed E-state index contributed by atoms with van der Waals surface area (Å²) in [5, 5.41) is 4.38. The van der Waals surface area contributed by atoms with Gasteiger partial charge in [-0.25, -0.2) is 18.7 Å². The Hall–Kier alpha value is -3.89. The van der Waals surface area contributed by atoms with Crippen molar-refractivity contribution in [1.29, 1.82) is 0 Å². The minimum Gasteiger partial charge on any atom is -0.378 e. The van der Waals surface area contributed by atoms with Crippen molar-refractivity contribution in [3.63, 3.8) is 0 Å². The lowest BCUT2D eigenvalue weighted by Gasteiger charge is -2.32. The lowest BCUT2D eigenvalue weighted by molar-refractivity contribution is 0.122. The molecule has 2 saturated heterocycles. The second-order valence-corrected chi connectivity index (χ2v) is 9.40. The molecule has 38 heavy (non-hydrogen) atoms. The average Bonchev–Trinajstić information content (AvgIpc) is 2.95. The third-order valence-corrected chi connectivity index (χ3v) is 6.97. The molecule has 0 unspecified atom stereocenters. The molecule has 0 saturated carbocycles. The highest BCUT2D eigenvalue weighted by Crippen LogP contribution is 2.38. The Bertz CT molecular complexity index is 1470. The van der Waals surface area contributed by atoms with E-state index in [2.05, 4.69) is 26.2 Å². The van der Waals surface area contributed by atoms with Crippen molar-refractivity contribution >= 4 is 33.8 Å². The van der Waals surface area contributed by atoms with E-state index >= 15 is 0 Å². The predicted molar refractivity (Wildman–Crippen MR) is 143 cm³/mol. The van der Waals surface area contributed by atoms with Crippen molar-refractivity contribution in [2.45, 2.75) is 6.92 Å². The van der Waals surface area contributed by atoms with Crippen molar-refractivity contribution in [2.75, 3.05) is 67.7 Å². The maximum atomic E-state index is 14.3. The monoisotopic (exact) mass is 518 g/mol. The van der Waals surface area contributed by atoms with Crippen LogP contribution in [0.15, 0.2) is 48.9 Å². The van der Waals surface area contributed by atoms with Crippen LogP contribution in [0, 0.1) is 18.6 Å². The molecule has 196 valence electrons.